The third-order valence-corrected chi connectivity index (χ3v) is 5.07. The number of benzene rings is 2. The van der Waals surface area contributed by atoms with Crippen LogP contribution in [0.5, 0.6) is 0 Å². The second kappa shape index (κ2) is 7.86. The Morgan fingerprint density at radius 2 is 1.71 bits per heavy atom. The van der Waals surface area contributed by atoms with Gasteiger partial charge >= 0.3 is 0 Å². The van der Waals surface area contributed by atoms with Crippen LogP contribution < -0.4 is 16.6 Å². The van der Waals surface area contributed by atoms with Gasteiger partial charge < -0.3 is 15.6 Å². The van der Waals surface area contributed by atoms with Crippen molar-refractivity contribution in [2.45, 2.75) is 25.8 Å². The first-order valence-electron chi connectivity index (χ1n) is 8.79. The topological polar surface area (TPSA) is 94.2 Å². The number of nitrogens with zero attached hydrogens (tertiary/aromatic N) is 1. The van der Waals surface area contributed by atoms with Crippen LogP contribution in [0.1, 0.15) is 31.4 Å². The fourth-order valence-corrected chi connectivity index (χ4v) is 3.11. The number of fused-ring (bicyclic) bond motifs is 1. The van der Waals surface area contributed by atoms with Gasteiger partial charge in [0, 0.05) is 27.7 Å². The molecule has 1 aromatic heterocycles. The zero-order valence-corrected chi connectivity index (χ0v) is 16.2. The number of hydrogen-bond donors (Lipinski definition) is 2. The lowest BCUT2D eigenvalue weighted by Gasteiger charge is -2.16. The van der Waals surface area contributed by atoms with Crippen molar-refractivity contribution in [2.75, 3.05) is 5.32 Å². The Hall–Kier alpha value is -3.12. The average molecular weight is 398 g/mol. The first kappa shape index (κ1) is 19.6. The minimum atomic E-state index is -0.764. The van der Waals surface area contributed by atoms with Crippen LogP contribution in [0.3, 0.4) is 0 Å². The summed E-state index contributed by atoms with van der Waals surface area (Å²) in [4.78, 5) is 36.9. The number of pyridine rings is 1. The molecule has 0 spiro atoms. The summed E-state index contributed by atoms with van der Waals surface area (Å²) in [7, 11) is 0. The van der Waals surface area contributed by atoms with Gasteiger partial charge in [-0.15, -0.1) is 0 Å². The van der Waals surface area contributed by atoms with E-state index in [1.165, 1.54) is 10.8 Å². The Balaban J connectivity index is 1.94. The third-order valence-electron chi connectivity index (χ3n) is 4.82. The summed E-state index contributed by atoms with van der Waals surface area (Å²) in [6.45, 7) is 3.36. The van der Waals surface area contributed by atoms with E-state index >= 15 is 0 Å². The molecule has 3 aromatic rings. The van der Waals surface area contributed by atoms with Crippen molar-refractivity contribution in [3.8, 4) is 0 Å². The predicted octanol–water partition coefficient (Wildman–Crippen LogP) is 3.44. The van der Waals surface area contributed by atoms with Crippen LogP contribution >= 0.6 is 11.6 Å². The molecule has 0 fully saturated rings. The highest BCUT2D eigenvalue weighted by Gasteiger charge is 2.18. The van der Waals surface area contributed by atoms with E-state index in [2.05, 4.69) is 5.32 Å². The Bertz CT molecular complexity index is 1110. The number of halogens is 1. The molecular formula is C21H20ClN3O3. The van der Waals surface area contributed by atoms with Crippen LogP contribution in [0.15, 0.2) is 59.5 Å². The maximum Gasteiger partial charge on any atom is 0.259 e. The monoisotopic (exact) mass is 397 g/mol. The van der Waals surface area contributed by atoms with Crippen molar-refractivity contribution in [1.82, 2.24) is 4.57 Å². The lowest BCUT2D eigenvalue weighted by molar-refractivity contribution is -0.120. The van der Waals surface area contributed by atoms with Crippen LogP contribution in [0.4, 0.5) is 5.69 Å². The van der Waals surface area contributed by atoms with Crippen LogP contribution in [-0.4, -0.2) is 16.4 Å². The van der Waals surface area contributed by atoms with Crippen LogP contribution in [0.25, 0.3) is 10.8 Å². The number of rotatable bonds is 5. The first-order chi connectivity index (χ1) is 13.3. The number of primary amides is 1. The molecule has 7 heteroatoms. The number of amides is 2. The van der Waals surface area contributed by atoms with Crippen molar-refractivity contribution in [3.05, 3.63) is 75.7 Å². The molecular weight excluding hydrogens is 378 g/mol. The molecule has 28 heavy (non-hydrogen) atoms. The van der Waals surface area contributed by atoms with Gasteiger partial charge in [-0.1, -0.05) is 29.8 Å². The van der Waals surface area contributed by atoms with Crippen molar-refractivity contribution >= 4 is 39.9 Å². The summed E-state index contributed by atoms with van der Waals surface area (Å²) in [5.41, 5.74) is 6.33. The number of hydrogen-bond acceptors (Lipinski definition) is 3. The van der Waals surface area contributed by atoms with E-state index in [0.29, 0.717) is 21.5 Å². The summed E-state index contributed by atoms with van der Waals surface area (Å²) in [6, 6.07) is 13.1. The molecule has 3 rings (SSSR count). The lowest BCUT2D eigenvalue weighted by atomic mass is 10.00. The van der Waals surface area contributed by atoms with E-state index in [4.69, 9.17) is 17.3 Å². The molecule has 0 aliphatic rings. The largest absolute Gasteiger partial charge is 0.368 e. The summed E-state index contributed by atoms with van der Waals surface area (Å²) < 4.78 is 1.28. The van der Waals surface area contributed by atoms with E-state index in [1.807, 2.05) is 0 Å². The Labute approximate surface area is 166 Å². The van der Waals surface area contributed by atoms with Gasteiger partial charge in [-0.05, 0) is 49.7 Å². The smallest absolute Gasteiger partial charge is 0.259 e. The van der Waals surface area contributed by atoms with Gasteiger partial charge in [0.15, 0.2) is 0 Å². The van der Waals surface area contributed by atoms with Gasteiger partial charge in [0.05, 0.1) is 5.92 Å². The zero-order chi connectivity index (χ0) is 20.4. The van der Waals surface area contributed by atoms with Crippen molar-refractivity contribution in [3.63, 3.8) is 0 Å². The highest BCUT2D eigenvalue weighted by Crippen LogP contribution is 2.24. The number of nitrogens with one attached hydrogen (secondary N) is 1. The summed E-state index contributed by atoms with van der Waals surface area (Å²) in [5.74, 6) is -1.20. The highest BCUT2D eigenvalue weighted by molar-refractivity contribution is 6.30. The summed E-state index contributed by atoms with van der Waals surface area (Å²) >= 11 is 5.90. The molecule has 144 valence electrons. The molecule has 0 aliphatic heterocycles. The highest BCUT2D eigenvalue weighted by atomic mass is 35.5. The fraction of sp³-hybridized carbons (Fsp3) is 0.190. The quantitative estimate of drug-likeness (QED) is 0.690. The van der Waals surface area contributed by atoms with E-state index in [1.54, 1.807) is 62.4 Å². The molecule has 2 aromatic carbocycles. The SMILES string of the molecule is CC(C(=O)Nc1cccc2c(=O)n([C@@H](C)C(N)=O)ccc12)c1ccc(Cl)cc1. The fourth-order valence-electron chi connectivity index (χ4n) is 2.99. The van der Waals surface area contributed by atoms with E-state index in [0.717, 1.165) is 5.56 Å². The molecule has 0 saturated heterocycles. The van der Waals surface area contributed by atoms with Crippen molar-refractivity contribution < 1.29 is 9.59 Å². The standard InChI is InChI=1S/C21H20ClN3O3/c1-12(14-6-8-15(22)9-7-14)20(27)24-18-5-3-4-17-16(18)10-11-25(21(17)28)13(2)19(23)26/h3-13H,1-2H3,(H2,23,26)(H,24,27)/t12?,13-/m0/s1. The van der Waals surface area contributed by atoms with Gasteiger partial charge in [-0.3, -0.25) is 14.4 Å². The number of nitrogens with two attached hydrogens (primary N) is 1. The summed E-state index contributed by atoms with van der Waals surface area (Å²) in [6.07, 6.45) is 1.51. The molecule has 0 saturated carbocycles. The van der Waals surface area contributed by atoms with Crippen molar-refractivity contribution in [2.24, 2.45) is 5.73 Å². The van der Waals surface area contributed by atoms with E-state index in [-0.39, 0.29) is 11.5 Å². The second-order valence-corrected chi connectivity index (χ2v) is 7.07. The third kappa shape index (κ3) is 3.77. The predicted molar refractivity (Wildman–Crippen MR) is 111 cm³/mol. The maximum absolute atomic E-state index is 12.7. The number of carbonyl (C=O) groups excluding carboxylic acids is 2. The molecule has 6 nitrogen and oxygen atoms in total. The Kier molecular flexibility index (Phi) is 5.51. The van der Waals surface area contributed by atoms with Crippen molar-refractivity contribution in [1.29, 1.82) is 0 Å². The van der Waals surface area contributed by atoms with E-state index < -0.39 is 17.9 Å². The van der Waals surface area contributed by atoms with Crippen LogP contribution in [0.2, 0.25) is 5.02 Å². The van der Waals surface area contributed by atoms with E-state index in [9.17, 15) is 14.4 Å². The molecule has 3 N–H and O–H groups in total. The molecule has 2 amide bonds. The molecule has 0 bridgehead atoms. The minimum Gasteiger partial charge on any atom is -0.368 e. The van der Waals surface area contributed by atoms with Gasteiger partial charge in [0.2, 0.25) is 11.8 Å². The van der Waals surface area contributed by atoms with Gasteiger partial charge in [-0.25, -0.2) is 0 Å². The van der Waals surface area contributed by atoms with Crippen LogP contribution in [-0.2, 0) is 9.59 Å². The molecule has 0 aliphatic carbocycles. The zero-order valence-electron chi connectivity index (χ0n) is 15.5. The number of aromatic nitrogens is 1. The maximum atomic E-state index is 12.7. The molecule has 1 heterocycles. The Morgan fingerprint density at radius 1 is 1.04 bits per heavy atom. The minimum absolute atomic E-state index is 0.204. The normalized spacial score (nSPS) is 13.1. The lowest BCUT2D eigenvalue weighted by Crippen LogP contribution is -2.31. The number of carbonyl (C=O) groups is 2. The van der Waals surface area contributed by atoms with Crippen LogP contribution in [0, 0.1) is 0 Å². The number of anilines is 1. The molecule has 0 radical (unpaired) electrons. The Morgan fingerprint density at radius 3 is 2.36 bits per heavy atom. The molecule has 2 atom stereocenters. The summed E-state index contributed by atoms with van der Waals surface area (Å²) in [5, 5.41) is 4.48. The van der Waals surface area contributed by atoms with Gasteiger partial charge in [0.1, 0.15) is 6.04 Å². The average Bonchev–Trinajstić information content (AvgIpc) is 2.68. The van der Waals surface area contributed by atoms with Gasteiger partial charge in [-0.2, -0.15) is 0 Å². The second-order valence-electron chi connectivity index (χ2n) is 6.64. The van der Waals surface area contributed by atoms with Gasteiger partial charge in [0.25, 0.3) is 5.56 Å². The molecule has 1 unspecified atom stereocenters. The first-order valence-corrected chi connectivity index (χ1v) is 9.17.